The number of carboxylic acid groups (broad SMARTS) is 1. The van der Waals surface area contributed by atoms with Gasteiger partial charge in [0, 0.05) is 6.42 Å². The van der Waals surface area contributed by atoms with Crippen molar-refractivity contribution < 1.29 is 28.3 Å². The number of hydrogen-bond donors (Lipinski definition) is 3. The third kappa shape index (κ3) is 3.37. The summed E-state index contributed by atoms with van der Waals surface area (Å²) in [6.45, 7) is -0.665. The van der Waals surface area contributed by atoms with Gasteiger partial charge in [-0.3, -0.25) is 9.59 Å². The van der Waals surface area contributed by atoms with Crippen LogP contribution >= 0.6 is 0 Å². The molecule has 0 unspecified atom stereocenters. The van der Waals surface area contributed by atoms with Crippen LogP contribution < -0.4 is 11.5 Å². The van der Waals surface area contributed by atoms with Crippen LogP contribution in [-0.2, 0) is 14.4 Å². The number of carbonyl (C=O) groups is 3. The molecule has 1 rings (SSSR count). The maximum Gasteiger partial charge on any atom is 0.329 e. The molecule has 0 aliphatic carbocycles. The fourth-order valence-corrected chi connectivity index (χ4v) is 1.90. The fourth-order valence-electron chi connectivity index (χ4n) is 1.90. The van der Waals surface area contributed by atoms with Crippen molar-refractivity contribution >= 4 is 17.8 Å². The zero-order valence-electron chi connectivity index (χ0n) is 9.96. The zero-order chi connectivity index (χ0) is 14.7. The van der Waals surface area contributed by atoms with Crippen LogP contribution in [-0.4, -0.2) is 58.8 Å². The highest BCUT2D eigenvalue weighted by atomic mass is 19.2. The first-order valence-electron chi connectivity index (χ1n) is 5.61. The number of aliphatic carboxylic acids is 1. The first-order valence-corrected chi connectivity index (χ1v) is 5.61. The van der Waals surface area contributed by atoms with Crippen LogP contribution in [0.2, 0.25) is 0 Å². The normalized spacial score (nSPS) is 28.2. The van der Waals surface area contributed by atoms with Gasteiger partial charge in [-0.15, -0.1) is 0 Å². The number of alkyl halides is 2. The van der Waals surface area contributed by atoms with Gasteiger partial charge in [0.1, 0.15) is 0 Å². The maximum absolute atomic E-state index is 13.4. The molecular formula is C10H15F2N3O4. The molecule has 7 nitrogen and oxygen atoms in total. The van der Waals surface area contributed by atoms with Gasteiger partial charge in [0.15, 0.2) is 18.4 Å². The molecular weight excluding hydrogens is 264 g/mol. The van der Waals surface area contributed by atoms with E-state index >= 15 is 0 Å². The van der Waals surface area contributed by atoms with Crippen LogP contribution in [0, 0.1) is 0 Å². The quantitative estimate of drug-likeness (QED) is 0.567. The summed E-state index contributed by atoms with van der Waals surface area (Å²) in [6, 6.07) is -3.10. The van der Waals surface area contributed by atoms with Crippen LogP contribution in [0.25, 0.3) is 0 Å². The van der Waals surface area contributed by atoms with Gasteiger partial charge in [-0.25, -0.2) is 13.6 Å². The lowest BCUT2D eigenvalue weighted by Gasteiger charge is -2.24. The average Bonchev–Trinajstić information content (AvgIpc) is 2.61. The summed E-state index contributed by atoms with van der Waals surface area (Å²) in [6.07, 6.45) is -4.63. The molecule has 1 heterocycles. The number of amides is 2. The van der Waals surface area contributed by atoms with E-state index in [9.17, 15) is 23.2 Å². The van der Waals surface area contributed by atoms with Gasteiger partial charge in [0.25, 0.3) is 0 Å². The number of nitrogens with zero attached hydrogens (tertiary/aromatic N) is 1. The third-order valence-electron chi connectivity index (χ3n) is 2.91. The van der Waals surface area contributed by atoms with Crippen molar-refractivity contribution in [3.05, 3.63) is 0 Å². The molecule has 19 heavy (non-hydrogen) atoms. The predicted octanol–water partition coefficient (Wildman–Crippen LogP) is -1.45. The molecule has 108 valence electrons. The molecule has 0 radical (unpaired) electrons. The van der Waals surface area contributed by atoms with E-state index in [4.69, 9.17) is 16.6 Å². The van der Waals surface area contributed by atoms with Crippen molar-refractivity contribution in [2.45, 2.75) is 37.3 Å². The lowest BCUT2D eigenvalue weighted by Crippen LogP contribution is -2.50. The molecule has 0 aromatic carbocycles. The van der Waals surface area contributed by atoms with Gasteiger partial charge in [0.05, 0.1) is 12.6 Å². The number of hydrogen-bond acceptors (Lipinski definition) is 4. The summed E-state index contributed by atoms with van der Waals surface area (Å²) in [7, 11) is 0. The van der Waals surface area contributed by atoms with Crippen molar-refractivity contribution in [3.63, 3.8) is 0 Å². The second-order valence-electron chi connectivity index (χ2n) is 4.35. The van der Waals surface area contributed by atoms with Gasteiger partial charge >= 0.3 is 5.97 Å². The van der Waals surface area contributed by atoms with Gasteiger partial charge in [-0.2, -0.15) is 0 Å². The smallest absolute Gasteiger partial charge is 0.329 e. The third-order valence-corrected chi connectivity index (χ3v) is 2.91. The Bertz CT molecular complexity index is 393. The molecule has 0 bridgehead atoms. The summed E-state index contributed by atoms with van der Waals surface area (Å²) in [5, 5.41) is 8.81. The summed E-state index contributed by atoms with van der Waals surface area (Å²) in [4.78, 5) is 33.8. The topological polar surface area (TPSA) is 127 Å². The summed E-state index contributed by atoms with van der Waals surface area (Å²) in [5.74, 6) is -3.22. The van der Waals surface area contributed by atoms with Gasteiger partial charge in [0.2, 0.25) is 11.8 Å². The average molecular weight is 279 g/mol. The van der Waals surface area contributed by atoms with Crippen LogP contribution in [0.15, 0.2) is 0 Å². The zero-order valence-corrected chi connectivity index (χ0v) is 9.96. The Kier molecular flexibility index (Phi) is 4.76. The minimum atomic E-state index is -2.29. The Morgan fingerprint density at radius 3 is 2.42 bits per heavy atom. The molecule has 2 amide bonds. The molecule has 1 saturated heterocycles. The van der Waals surface area contributed by atoms with Crippen molar-refractivity contribution in [2.75, 3.05) is 6.54 Å². The first-order chi connectivity index (χ1) is 8.75. The highest BCUT2D eigenvalue weighted by molar-refractivity contribution is 5.88. The monoisotopic (exact) mass is 279 g/mol. The van der Waals surface area contributed by atoms with E-state index in [0.717, 1.165) is 0 Å². The minimum Gasteiger partial charge on any atom is -0.480 e. The van der Waals surface area contributed by atoms with Crippen molar-refractivity contribution in [1.82, 2.24) is 4.90 Å². The fraction of sp³-hybridized carbons (Fsp3) is 0.700. The Morgan fingerprint density at radius 2 is 1.95 bits per heavy atom. The Morgan fingerprint density at radius 1 is 1.37 bits per heavy atom. The number of carboxylic acids is 1. The van der Waals surface area contributed by atoms with Gasteiger partial charge in [-0.05, 0) is 6.42 Å². The predicted molar refractivity (Wildman–Crippen MR) is 59.3 cm³/mol. The molecule has 1 aliphatic heterocycles. The van der Waals surface area contributed by atoms with E-state index in [-0.39, 0.29) is 12.8 Å². The molecule has 0 saturated carbocycles. The van der Waals surface area contributed by atoms with Crippen LogP contribution in [0.1, 0.15) is 12.8 Å². The molecule has 9 heteroatoms. The molecule has 5 N–H and O–H groups in total. The largest absolute Gasteiger partial charge is 0.480 e. The lowest BCUT2D eigenvalue weighted by molar-refractivity contribution is -0.150. The van der Waals surface area contributed by atoms with Crippen molar-refractivity contribution in [2.24, 2.45) is 11.5 Å². The number of rotatable bonds is 5. The molecule has 4 atom stereocenters. The van der Waals surface area contributed by atoms with E-state index < -0.39 is 48.8 Å². The SMILES string of the molecule is NC(=O)CC[C@H](N)C(=O)N1C[C@H](F)[C@@H](F)[C@@H]1C(=O)O. The van der Waals surface area contributed by atoms with E-state index in [0.29, 0.717) is 4.90 Å². The van der Waals surface area contributed by atoms with Crippen LogP contribution in [0.3, 0.4) is 0 Å². The van der Waals surface area contributed by atoms with Gasteiger partial charge < -0.3 is 21.5 Å². The molecule has 1 fully saturated rings. The van der Waals surface area contributed by atoms with Crippen LogP contribution in [0.5, 0.6) is 0 Å². The van der Waals surface area contributed by atoms with Crippen molar-refractivity contribution in [1.29, 1.82) is 0 Å². The highest BCUT2D eigenvalue weighted by Gasteiger charge is 2.49. The lowest BCUT2D eigenvalue weighted by atomic mass is 10.1. The van der Waals surface area contributed by atoms with Crippen LogP contribution in [0.4, 0.5) is 8.78 Å². The Labute approximate surface area is 107 Å². The van der Waals surface area contributed by atoms with E-state index in [1.54, 1.807) is 0 Å². The number of nitrogens with two attached hydrogens (primary N) is 2. The van der Waals surface area contributed by atoms with E-state index in [2.05, 4.69) is 0 Å². The number of likely N-dealkylation sites (tertiary alicyclic amines) is 1. The Balaban J connectivity index is 2.74. The summed E-state index contributed by atoms with van der Waals surface area (Å²) in [5.41, 5.74) is 10.3. The maximum atomic E-state index is 13.4. The highest BCUT2D eigenvalue weighted by Crippen LogP contribution is 2.25. The molecule has 1 aliphatic rings. The van der Waals surface area contributed by atoms with Gasteiger partial charge in [-0.1, -0.05) is 0 Å². The summed E-state index contributed by atoms with van der Waals surface area (Å²) >= 11 is 0. The standard InChI is InChI=1S/C10H15F2N3O4/c11-4-3-15(8(7(4)12)10(18)19)9(17)5(13)1-2-6(14)16/h4-5,7-8H,1-3,13H2,(H2,14,16)(H,18,19)/t4-,5-,7+,8+/m0/s1. The van der Waals surface area contributed by atoms with Crippen molar-refractivity contribution in [3.8, 4) is 0 Å². The summed E-state index contributed by atoms with van der Waals surface area (Å²) < 4.78 is 26.5. The molecule has 0 aromatic heterocycles. The Hall–Kier alpha value is -1.77. The number of carbonyl (C=O) groups excluding carboxylic acids is 2. The molecule has 0 aromatic rings. The number of halogens is 2. The minimum absolute atomic E-state index is 0.106. The first kappa shape index (κ1) is 15.3. The van der Waals surface area contributed by atoms with E-state index in [1.807, 2.05) is 0 Å². The molecule has 0 spiro atoms. The second kappa shape index (κ2) is 5.91. The number of primary amides is 1. The van der Waals surface area contributed by atoms with E-state index in [1.165, 1.54) is 0 Å². The second-order valence-corrected chi connectivity index (χ2v) is 4.35.